The van der Waals surface area contributed by atoms with Crippen LogP contribution < -0.4 is 10.1 Å². The van der Waals surface area contributed by atoms with Gasteiger partial charge in [-0.05, 0) is 63.7 Å². The number of carbonyl (C=O) groups excluding carboxylic acids is 1. The first-order valence-corrected chi connectivity index (χ1v) is 10.1. The highest BCUT2D eigenvalue weighted by atomic mass is 16.5. The fraction of sp³-hybridized carbons (Fsp3) is 0.522. The second-order valence-corrected chi connectivity index (χ2v) is 7.76. The summed E-state index contributed by atoms with van der Waals surface area (Å²) in [5.74, 6) is 2.19. The summed E-state index contributed by atoms with van der Waals surface area (Å²) in [7, 11) is 0. The number of ether oxygens (including phenoxy) is 1. The van der Waals surface area contributed by atoms with Crippen LogP contribution in [0.5, 0.6) is 5.75 Å². The lowest BCUT2D eigenvalue weighted by Gasteiger charge is -2.29. The summed E-state index contributed by atoms with van der Waals surface area (Å²) >= 11 is 0. The summed E-state index contributed by atoms with van der Waals surface area (Å²) in [5, 5.41) is 4.27. The molecule has 4 nitrogen and oxygen atoms in total. The largest absolute Gasteiger partial charge is 0.493 e. The molecule has 27 heavy (non-hydrogen) atoms. The molecule has 1 aliphatic carbocycles. The van der Waals surface area contributed by atoms with E-state index in [0.29, 0.717) is 12.5 Å². The maximum atomic E-state index is 12.6. The summed E-state index contributed by atoms with van der Waals surface area (Å²) in [6.07, 6.45) is 6.43. The number of nitrogens with one attached hydrogen (secondary N) is 1. The summed E-state index contributed by atoms with van der Waals surface area (Å²) in [4.78, 5) is 12.6. The fourth-order valence-corrected chi connectivity index (χ4v) is 3.98. The lowest BCUT2D eigenvalue weighted by molar-refractivity contribution is -0.117. The molecule has 1 aromatic heterocycles. The predicted molar refractivity (Wildman–Crippen MR) is 110 cm³/mol. The minimum atomic E-state index is -0.0195. The van der Waals surface area contributed by atoms with Crippen LogP contribution in [0.1, 0.15) is 63.3 Å². The Morgan fingerprint density at radius 2 is 2.04 bits per heavy atom. The summed E-state index contributed by atoms with van der Waals surface area (Å²) < 4.78 is 11.7. The zero-order valence-electron chi connectivity index (χ0n) is 17.1. The van der Waals surface area contributed by atoms with Crippen molar-refractivity contribution in [1.82, 2.24) is 5.32 Å². The standard InChI is InChI=1S/C23H31NO3/c1-6-26-21-13-22-19(16(4)17(5)27-22)12-18(21)15(3)11-23(25)24-20-10-8-7-9-14(20)2/h11-14,20H,6-10H2,1-5H3,(H,24,25)/b15-11+. The van der Waals surface area contributed by atoms with E-state index in [1.54, 1.807) is 6.08 Å². The zero-order valence-corrected chi connectivity index (χ0v) is 17.1. The molecule has 4 heteroatoms. The normalized spacial score (nSPS) is 20.7. The van der Waals surface area contributed by atoms with Crippen molar-refractivity contribution in [3.63, 3.8) is 0 Å². The van der Waals surface area contributed by atoms with E-state index in [9.17, 15) is 4.79 Å². The quantitative estimate of drug-likeness (QED) is 0.703. The number of furan rings is 1. The number of amides is 1. The Labute approximate surface area is 162 Å². The minimum Gasteiger partial charge on any atom is -0.493 e. The molecule has 0 aliphatic heterocycles. The van der Waals surface area contributed by atoms with Gasteiger partial charge >= 0.3 is 0 Å². The van der Waals surface area contributed by atoms with Crippen LogP contribution in [0.4, 0.5) is 0 Å². The van der Waals surface area contributed by atoms with Gasteiger partial charge in [-0.25, -0.2) is 0 Å². The number of hydrogen-bond donors (Lipinski definition) is 1. The SMILES string of the molecule is CCOc1cc2oc(C)c(C)c2cc1/C(C)=C/C(=O)NC1CCCCC1C. The molecule has 1 saturated carbocycles. The average molecular weight is 370 g/mol. The summed E-state index contributed by atoms with van der Waals surface area (Å²) in [6.45, 7) is 10.7. The molecule has 1 N–H and O–H groups in total. The van der Waals surface area contributed by atoms with Crippen LogP contribution in [0, 0.1) is 19.8 Å². The number of rotatable bonds is 5. The van der Waals surface area contributed by atoms with E-state index in [0.717, 1.165) is 45.6 Å². The van der Waals surface area contributed by atoms with Crippen LogP contribution in [-0.4, -0.2) is 18.6 Å². The lowest BCUT2D eigenvalue weighted by Crippen LogP contribution is -2.40. The van der Waals surface area contributed by atoms with Crippen molar-refractivity contribution >= 4 is 22.4 Å². The third kappa shape index (κ3) is 4.20. The van der Waals surface area contributed by atoms with Crippen molar-refractivity contribution in [3.8, 4) is 5.75 Å². The van der Waals surface area contributed by atoms with Gasteiger partial charge in [0.1, 0.15) is 17.1 Å². The number of aryl methyl sites for hydroxylation is 2. The van der Waals surface area contributed by atoms with Crippen molar-refractivity contribution in [3.05, 3.63) is 35.1 Å². The molecular formula is C23H31NO3. The number of benzene rings is 1. The Morgan fingerprint density at radius 1 is 1.30 bits per heavy atom. The van der Waals surface area contributed by atoms with Crippen LogP contribution in [0.15, 0.2) is 22.6 Å². The molecular weight excluding hydrogens is 338 g/mol. The van der Waals surface area contributed by atoms with Gasteiger partial charge in [0.2, 0.25) is 5.91 Å². The first-order valence-electron chi connectivity index (χ1n) is 10.1. The molecule has 0 spiro atoms. The highest BCUT2D eigenvalue weighted by Gasteiger charge is 2.22. The average Bonchev–Trinajstić information content (AvgIpc) is 2.90. The van der Waals surface area contributed by atoms with Gasteiger partial charge in [0, 0.05) is 29.1 Å². The van der Waals surface area contributed by atoms with E-state index >= 15 is 0 Å². The van der Waals surface area contributed by atoms with E-state index in [-0.39, 0.29) is 11.9 Å². The lowest BCUT2D eigenvalue weighted by atomic mass is 9.86. The molecule has 2 atom stereocenters. The Bertz CT molecular complexity index is 862. The van der Waals surface area contributed by atoms with Crippen molar-refractivity contribution < 1.29 is 13.9 Å². The van der Waals surface area contributed by atoms with E-state index in [1.165, 1.54) is 19.3 Å². The van der Waals surface area contributed by atoms with E-state index in [1.807, 2.05) is 26.8 Å². The predicted octanol–water partition coefficient (Wildman–Crippen LogP) is 5.55. The van der Waals surface area contributed by atoms with Crippen molar-refractivity contribution in [2.75, 3.05) is 6.61 Å². The maximum absolute atomic E-state index is 12.6. The fourth-order valence-electron chi connectivity index (χ4n) is 3.98. The van der Waals surface area contributed by atoms with Crippen LogP contribution >= 0.6 is 0 Å². The Kier molecular flexibility index (Phi) is 5.93. The smallest absolute Gasteiger partial charge is 0.244 e. The third-order valence-corrected chi connectivity index (χ3v) is 5.79. The molecule has 1 aliphatic rings. The van der Waals surface area contributed by atoms with Gasteiger partial charge in [-0.15, -0.1) is 0 Å². The highest BCUT2D eigenvalue weighted by molar-refractivity contribution is 5.97. The van der Waals surface area contributed by atoms with Gasteiger partial charge in [-0.2, -0.15) is 0 Å². The molecule has 146 valence electrons. The van der Waals surface area contributed by atoms with Gasteiger partial charge in [0.25, 0.3) is 0 Å². The van der Waals surface area contributed by atoms with Gasteiger partial charge in [0.05, 0.1) is 6.61 Å². The Morgan fingerprint density at radius 3 is 2.74 bits per heavy atom. The number of fused-ring (bicyclic) bond motifs is 1. The van der Waals surface area contributed by atoms with Crippen LogP contribution in [0.25, 0.3) is 16.5 Å². The van der Waals surface area contributed by atoms with Gasteiger partial charge in [-0.3, -0.25) is 4.79 Å². The topological polar surface area (TPSA) is 51.5 Å². The number of hydrogen-bond acceptors (Lipinski definition) is 3. The Balaban J connectivity index is 1.89. The van der Waals surface area contributed by atoms with Crippen LogP contribution in [0.2, 0.25) is 0 Å². The summed E-state index contributed by atoms with van der Waals surface area (Å²) in [5.41, 5.74) is 3.80. The highest BCUT2D eigenvalue weighted by Crippen LogP contribution is 2.35. The third-order valence-electron chi connectivity index (χ3n) is 5.79. The maximum Gasteiger partial charge on any atom is 0.244 e. The second-order valence-electron chi connectivity index (χ2n) is 7.76. The molecule has 0 bridgehead atoms. The monoisotopic (exact) mass is 369 g/mol. The molecule has 2 unspecified atom stereocenters. The molecule has 0 radical (unpaired) electrons. The molecule has 3 rings (SSSR count). The summed E-state index contributed by atoms with van der Waals surface area (Å²) in [6, 6.07) is 4.30. The molecule has 1 amide bonds. The van der Waals surface area contributed by atoms with Crippen molar-refractivity contribution in [2.45, 2.75) is 66.3 Å². The van der Waals surface area contributed by atoms with E-state index < -0.39 is 0 Å². The molecule has 0 saturated heterocycles. The molecule has 1 heterocycles. The van der Waals surface area contributed by atoms with E-state index in [4.69, 9.17) is 9.15 Å². The first kappa shape index (κ1) is 19.5. The molecule has 2 aromatic rings. The molecule has 1 fully saturated rings. The first-order chi connectivity index (χ1) is 12.9. The number of carbonyl (C=O) groups is 1. The van der Waals surface area contributed by atoms with E-state index in [2.05, 4.69) is 25.2 Å². The Hall–Kier alpha value is -2.23. The van der Waals surface area contributed by atoms with Gasteiger partial charge in [-0.1, -0.05) is 19.8 Å². The molecule has 1 aromatic carbocycles. The minimum absolute atomic E-state index is 0.0195. The second kappa shape index (κ2) is 8.20. The van der Waals surface area contributed by atoms with Gasteiger partial charge < -0.3 is 14.5 Å². The van der Waals surface area contributed by atoms with Gasteiger partial charge in [0.15, 0.2) is 0 Å². The van der Waals surface area contributed by atoms with Crippen LogP contribution in [0.3, 0.4) is 0 Å². The zero-order chi connectivity index (χ0) is 19.6. The van der Waals surface area contributed by atoms with Crippen molar-refractivity contribution in [2.24, 2.45) is 5.92 Å². The number of allylic oxidation sites excluding steroid dienone is 1. The van der Waals surface area contributed by atoms with Crippen molar-refractivity contribution in [1.29, 1.82) is 0 Å². The van der Waals surface area contributed by atoms with Crippen LogP contribution in [-0.2, 0) is 4.79 Å².